The summed E-state index contributed by atoms with van der Waals surface area (Å²) in [6, 6.07) is 7.61. The van der Waals surface area contributed by atoms with Crippen molar-refractivity contribution < 1.29 is 0 Å². The van der Waals surface area contributed by atoms with E-state index in [0.717, 1.165) is 27.3 Å². The largest absolute Gasteiger partial charge is 0.320 e. The number of aromatic nitrogens is 1. The van der Waals surface area contributed by atoms with E-state index < -0.39 is 0 Å². The molecule has 2 aromatic rings. The zero-order valence-electron chi connectivity index (χ0n) is 9.94. The smallest absolute Gasteiger partial charge is 0.0572 e. The summed E-state index contributed by atoms with van der Waals surface area (Å²) in [6.07, 6.45) is 3.59. The van der Waals surface area contributed by atoms with Crippen LogP contribution >= 0.6 is 11.6 Å². The zero-order valence-corrected chi connectivity index (χ0v) is 10.7. The molecule has 88 valence electrons. The molecule has 2 nitrogen and oxygen atoms in total. The molecule has 3 heteroatoms. The highest BCUT2D eigenvalue weighted by molar-refractivity contribution is 6.31. The van der Waals surface area contributed by atoms with Crippen LogP contribution < -0.4 is 5.73 Å². The molecule has 0 radical (unpaired) electrons. The minimum atomic E-state index is -0.178. The van der Waals surface area contributed by atoms with Crippen molar-refractivity contribution in [1.29, 1.82) is 0 Å². The van der Waals surface area contributed by atoms with E-state index in [1.165, 1.54) is 0 Å². The van der Waals surface area contributed by atoms with E-state index in [0.29, 0.717) is 0 Å². The Morgan fingerprint density at radius 1 is 1.18 bits per heavy atom. The van der Waals surface area contributed by atoms with Crippen molar-refractivity contribution >= 4 is 11.6 Å². The molecule has 0 fully saturated rings. The maximum Gasteiger partial charge on any atom is 0.0572 e. The molecular formula is C14H15ClN2. The molecule has 17 heavy (non-hydrogen) atoms. The lowest BCUT2D eigenvalue weighted by atomic mass is 9.94. The Kier molecular flexibility index (Phi) is 3.46. The summed E-state index contributed by atoms with van der Waals surface area (Å²) in [7, 11) is 0. The van der Waals surface area contributed by atoms with E-state index in [1.54, 1.807) is 6.20 Å². The number of benzene rings is 1. The van der Waals surface area contributed by atoms with Crippen LogP contribution in [-0.4, -0.2) is 4.98 Å². The monoisotopic (exact) mass is 246 g/mol. The Morgan fingerprint density at radius 3 is 2.65 bits per heavy atom. The molecule has 0 aliphatic carbocycles. The fourth-order valence-corrected chi connectivity index (χ4v) is 2.11. The average molecular weight is 247 g/mol. The average Bonchev–Trinajstić information content (AvgIpc) is 2.32. The molecule has 2 N–H and O–H groups in total. The number of halogens is 1. The highest BCUT2D eigenvalue weighted by Crippen LogP contribution is 2.28. The van der Waals surface area contributed by atoms with Crippen LogP contribution in [0.4, 0.5) is 0 Å². The lowest BCUT2D eigenvalue weighted by Crippen LogP contribution is -2.15. The fraction of sp³-hybridized carbons (Fsp3) is 0.214. The van der Waals surface area contributed by atoms with Crippen LogP contribution in [0.5, 0.6) is 0 Å². The second kappa shape index (κ2) is 4.86. The van der Waals surface area contributed by atoms with Crippen LogP contribution in [-0.2, 0) is 0 Å². The third-order valence-electron chi connectivity index (χ3n) is 3.06. The van der Waals surface area contributed by atoms with Crippen LogP contribution in [0.1, 0.15) is 28.3 Å². The number of hydrogen-bond acceptors (Lipinski definition) is 2. The number of pyridine rings is 1. The molecule has 0 amide bonds. The van der Waals surface area contributed by atoms with E-state index in [-0.39, 0.29) is 6.04 Å². The van der Waals surface area contributed by atoms with Gasteiger partial charge in [0.15, 0.2) is 0 Å². The summed E-state index contributed by atoms with van der Waals surface area (Å²) in [5.41, 5.74) is 10.6. The van der Waals surface area contributed by atoms with Crippen molar-refractivity contribution in [1.82, 2.24) is 4.98 Å². The molecule has 1 unspecified atom stereocenters. The van der Waals surface area contributed by atoms with Crippen molar-refractivity contribution in [3.8, 4) is 0 Å². The molecule has 1 aromatic heterocycles. The summed E-state index contributed by atoms with van der Waals surface area (Å²) in [4.78, 5) is 4.13. The Labute approximate surface area is 106 Å². The van der Waals surface area contributed by atoms with Crippen LogP contribution in [0, 0.1) is 13.8 Å². The van der Waals surface area contributed by atoms with Crippen molar-refractivity contribution in [2.75, 3.05) is 0 Å². The fourth-order valence-electron chi connectivity index (χ4n) is 1.93. The van der Waals surface area contributed by atoms with E-state index in [2.05, 4.69) is 4.98 Å². The van der Waals surface area contributed by atoms with E-state index in [4.69, 9.17) is 17.3 Å². The van der Waals surface area contributed by atoms with Crippen LogP contribution in [0.3, 0.4) is 0 Å². The van der Waals surface area contributed by atoms with Crippen molar-refractivity contribution in [3.05, 3.63) is 63.9 Å². The van der Waals surface area contributed by atoms with Crippen molar-refractivity contribution in [2.45, 2.75) is 19.9 Å². The van der Waals surface area contributed by atoms with E-state index in [9.17, 15) is 0 Å². The molecule has 1 aromatic carbocycles. The molecule has 2 rings (SSSR count). The van der Waals surface area contributed by atoms with Gasteiger partial charge in [-0.25, -0.2) is 0 Å². The first-order valence-electron chi connectivity index (χ1n) is 5.52. The van der Waals surface area contributed by atoms with Gasteiger partial charge in [0.1, 0.15) is 0 Å². The molecule has 0 spiro atoms. The van der Waals surface area contributed by atoms with E-state index >= 15 is 0 Å². The molecule has 1 heterocycles. The molecule has 0 saturated heterocycles. The highest BCUT2D eigenvalue weighted by atomic mass is 35.5. The number of aryl methyl sites for hydroxylation is 1. The number of nitrogens with zero attached hydrogens (tertiary/aromatic N) is 1. The lowest BCUT2D eigenvalue weighted by molar-refractivity contribution is 0.844. The summed E-state index contributed by atoms with van der Waals surface area (Å²) in [5.74, 6) is 0. The van der Waals surface area contributed by atoms with Gasteiger partial charge in [0.2, 0.25) is 0 Å². The number of hydrogen-bond donors (Lipinski definition) is 1. The van der Waals surface area contributed by atoms with Gasteiger partial charge in [-0.05, 0) is 48.2 Å². The van der Waals surface area contributed by atoms with Crippen LogP contribution in [0.2, 0.25) is 5.02 Å². The quantitative estimate of drug-likeness (QED) is 0.882. The second-order valence-corrected chi connectivity index (χ2v) is 4.57. The summed E-state index contributed by atoms with van der Waals surface area (Å²) in [6.45, 7) is 4.03. The first-order chi connectivity index (χ1) is 8.11. The maximum atomic E-state index is 6.29. The van der Waals surface area contributed by atoms with Gasteiger partial charge in [-0.3, -0.25) is 4.98 Å². The summed E-state index contributed by atoms with van der Waals surface area (Å²) < 4.78 is 0. The zero-order chi connectivity index (χ0) is 12.4. The van der Waals surface area contributed by atoms with Crippen molar-refractivity contribution in [2.24, 2.45) is 5.73 Å². The Bertz CT molecular complexity index is 537. The van der Waals surface area contributed by atoms with Crippen molar-refractivity contribution in [3.63, 3.8) is 0 Å². The first kappa shape index (κ1) is 12.1. The SMILES string of the molecule is Cc1ccncc1C(N)c1cccc(Cl)c1C. The second-order valence-electron chi connectivity index (χ2n) is 4.16. The van der Waals surface area contributed by atoms with Gasteiger partial charge >= 0.3 is 0 Å². The Hall–Kier alpha value is -1.38. The molecular weight excluding hydrogens is 232 g/mol. The predicted octanol–water partition coefficient (Wildman–Crippen LogP) is 3.40. The normalized spacial score (nSPS) is 12.5. The topological polar surface area (TPSA) is 38.9 Å². The van der Waals surface area contributed by atoms with Gasteiger partial charge < -0.3 is 5.73 Å². The Morgan fingerprint density at radius 2 is 1.94 bits per heavy atom. The Balaban J connectivity index is 2.48. The summed E-state index contributed by atoms with van der Waals surface area (Å²) >= 11 is 6.11. The van der Waals surface area contributed by atoms with E-state index in [1.807, 2.05) is 44.3 Å². The standard InChI is InChI=1S/C14H15ClN2/c1-9-6-7-17-8-12(9)14(16)11-4-3-5-13(15)10(11)2/h3-8,14H,16H2,1-2H3. The molecule has 0 saturated carbocycles. The molecule has 1 atom stereocenters. The minimum Gasteiger partial charge on any atom is -0.320 e. The van der Waals surface area contributed by atoms with Gasteiger partial charge in [-0.2, -0.15) is 0 Å². The van der Waals surface area contributed by atoms with Gasteiger partial charge in [0, 0.05) is 17.4 Å². The maximum absolute atomic E-state index is 6.29. The van der Waals surface area contributed by atoms with Gasteiger partial charge in [-0.1, -0.05) is 23.7 Å². The third kappa shape index (κ3) is 2.33. The summed E-state index contributed by atoms with van der Waals surface area (Å²) in [5, 5.41) is 0.750. The molecule has 0 aliphatic rings. The predicted molar refractivity (Wildman–Crippen MR) is 71.2 cm³/mol. The highest BCUT2D eigenvalue weighted by Gasteiger charge is 2.14. The first-order valence-corrected chi connectivity index (χ1v) is 5.90. The third-order valence-corrected chi connectivity index (χ3v) is 3.47. The van der Waals surface area contributed by atoms with Gasteiger partial charge in [0.25, 0.3) is 0 Å². The van der Waals surface area contributed by atoms with Crippen LogP contribution in [0.25, 0.3) is 0 Å². The molecule has 0 aliphatic heterocycles. The lowest BCUT2D eigenvalue weighted by Gasteiger charge is -2.17. The van der Waals surface area contributed by atoms with Crippen LogP contribution in [0.15, 0.2) is 36.7 Å². The number of nitrogens with two attached hydrogens (primary N) is 1. The van der Waals surface area contributed by atoms with Gasteiger partial charge in [-0.15, -0.1) is 0 Å². The minimum absolute atomic E-state index is 0.178. The molecule has 0 bridgehead atoms. The van der Waals surface area contributed by atoms with Gasteiger partial charge in [0.05, 0.1) is 6.04 Å². The number of rotatable bonds is 2.